The molecule has 1 heterocycles. The van der Waals surface area contributed by atoms with E-state index in [1.165, 1.54) is 6.07 Å². The fourth-order valence-corrected chi connectivity index (χ4v) is 1.83. The van der Waals surface area contributed by atoms with Crippen LogP contribution in [-0.4, -0.2) is 6.10 Å². The van der Waals surface area contributed by atoms with Crippen molar-refractivity contribution in [3.05, 3.63) is 35.1 Å². The van der Waals surface area contributed by atoms with Crippen molar-refractivity contribution in [3.8, 4) is 0 Å². The predicted octanol–water partition coefficient (Wildman–Crippen LogP) is 1.82. The van der Waals surface area contributed by atoms with E-state index in [4.69, 9.17) is 4.74 Å². The SMILES string of the molecule is Fc1cccc2c1C[C@@H]1O[C@@H]21. The molecule has 1 saturated heterocycles. The lowest BCUT2D eigenvalue weighted by molar-refractivity contribution is 0.357. The highest BCUT2D eigenvalue weighted by molar-refractivity contribution is 5.39. The number of benzene rings is 1. The molecule has 0 unspecified atom stereocenters. The van der Waals surface area contributed by atoms with Gasteiger partial charge in [0, 0.05) is 6.42 Å². The van der Waals surface area contributed by atoms with Gasteiger partial charge in [0.2, 0.25) is 0 Å². The predicted molar refractivity (Wildman–Crippen MR) is 37.7 cm³/mol. The summed E-state index contributed by atoms with van der Waals surface area (Å²) in [5.74, 6) is -0.0710. The lowest BCUT2D eigenvalue weighted by Crippen LogP contribution is -1.92. The molecule has 0 aromatic heterocycles. The maximum atomic E-state index is 13.0. The van der Waals surface area contributed by atoms with Gasteiger partial charge < -0.3 is 4.74 Å². The van der Waals surface area contributed by atoms with Crippen LogP contribution in [0.4, 0.5) is 4.39 Å². The Morgan fingerprint density at radius 3 is 3.18 bits per heavy atom. The highest BCUT2D eigenvalue weighted by Gasteiger charge is 2.47. The molecule has 0 saturated carbocycles. The second kappa shape index (κ2) is 1.64. The molecular formula is C9H7FO. The molecule has 0 bridgehead atoms. The van der Waals surface area contributed by atoms with Crippen molar-refractivity contribution < 1.29 is 9.13 Å². The molecule has 1 aliphatic carbocycles. The first-order valence-corrected chi connectivity index (χ1v) is 3.79. The zero-order valence-corrected chi connectivity index (χ0v) is 5.88. The van der Waals surface area contributed by atoms with E-state index in [1.807, 2.05) is 6.07 Å². The van der Waals surface area contributed by atoms with Gasteiger partial charge in [0.1, 0.15) is 11.9 Å². The summed E-state index contributed by atoms with van der Waals surface area (Å²) in [7, 11) is 0. The molecule has 0 amide bonds. The summed E-state index contributed by atoms with van der Waals surface area (Å²) in [4.78, 5) is 0. The maximum absolute atomic E-state index is 13.0. The van der Waals surface area contributed by atoms with E-state index in [1.54, 1.807) is 6.07 Å². The molecule has 1 aromatic rings. The van der Waals surface area contributed by atoms with E-state index >= 15 is 0 Å². The molecule has 2 atom stereocenters. The minimum Gasteiger partial charge on any atom is -0.364 e. The van der Waals surface area contributed by atoms with Crippen LogP contribution in [0, 0.1) is 5.82 Å². The average Bonchev–Trinajstić information content (AvgIpc) is 2.67. The van der Waals surface area contributed by atoms with Crippen molar-refractivity contribution in [2.24, 2.45) is 0 Å². The van der Waals surface area contributed by atoms with Crippen LogP contribution in [-0.2, 0) is 11.2 Å². The fourth-order valence-electron chi connectivity index (χ4n) is 1.83. The summed E-state index contributed by atoms with van der Waals surface area (Å²) in [6, 6.07) is 5.22. The maximum Gasteiger partial charge on any atom is 0.126 e. The summed E-state index contributed by atoms with van der Waals surface area (Å²) in [5.41, 5.74) is 1.93. The van der Waals surface area contributed by atoms with Crippen molar-refractivity contribution in [1.29, 1.82) is 0 Å². The third kappa shape index (κ3) is 0.627. The highest BCUT2D eigenvalue weighted by atomic mass is 19.1. The minimum absolute atomic E-state index is 0.0710. The Hall–Kier alpha value is -0.890. The number of ether oxygens (including phenoxy) is 1. The monoisotopic (exact) mass is 150 g/mol. The quantitative estimate of drug-likeness (QED) is 0.514. The van der Waals surface area contributed by atoms with Gasteiger partial charge in [-0.2, -0.15) is 0 Å². The Bertz CT molecular complexity index is 321. The lowest BCUT2D eigenvalue weighted by Gasteiger charge is -2.01. The number of halogens is 1. The van der Waals surface area contributed by atoms with Crippen LogP contribution in [0.3, 0.4) is 0 Å². The van der Waals surface area contributed by atoms with Gasteiger partial charge in [0.25, 0.3) is 0 Å². The lowest BCUT2D eigenvalue weighted by atomic mass is 10.1. The van der Waals surface area contributed by atoms with Crippen molar-refractivity contribution in [1.82, 2.24) is 0 Å². The number of rotatable bonds is 0. The summed E-state index contributed by atoms with van der Waals surface area (Å²) in [5, 5.41) is 0. The molecule has 0 N–H and O–H groups in total. The van der Waals surface area contributed by atoms with Crippen molar-refractivity contribution in [2.75, 3.05) is 0 Å². The van der Waals surface area contributed by atoms with Gasteiger partial charge in [-0.25, -0.2) is 4.39 Å². The molecule has 1 nitrogen and oxygen atoms in total. The minimum atomic E-state index is -0.0710. The summed E-state index contributed by atoms with van der Waals surface area (Å²) in [6.45, 7) is 0. The van der Waals surface area contributed by atoms with E-state index in [0.29, 0.717) is 6.10 Å². The van der Waals surface area contributed by atoms with Crippen LogP contribution in [0.25, 0.3) is 0 Å². The molecule has 2 heteroatoms. The summed E-state index contributed by atoms with van der Waals surface area (Å²) in [6.07, 6.45) is 1.29. The number of fused-ring (bicyclic) bond motifs is 3. The Morgan fingerprint density at radius 2 is 2.36 bits per heavy atom. The molecule has 3 rings (SSSR count). The second-order valence-corrected chi connectivity index (χ2v) is 3.11. The van der Waals surface area contributed by atoms with Gasteiger partial charge in [-0.1, -0.05) is 12.1 Å². The molecule has 56 valence electrons. The Morgan fingerprint density at radius 1 is 1.45 bits per heavy atom. The van der Waals surface area contributed by atoms with Crippen LogP contribution >= 0.6 is 0 Å². The van der Waals surface area contributed by atoms with Crippen LogP contribution in [0.1, 0.15) is 17.2 Å². The summed E-state index contributed by atoms with van der Waals surface area (Å²) >= 11 is 0. The molecule has 1 aliphatic heterocycles. The van der Waals surface area contributed by atoms with Crippen molar-refractivity contribution in [3.63, 3.8) is 0 Å². The number of hydrogen-bond donors (Lipinski definition) is 0. The first kappa shape index (κ1) is 5.72. The standard InChI is InChI=1S/C9H7FO/c10-7-3-1-2-5-6(7)4-8-9(5)11-8/h1-3,8-9H,4H2/t8-,9-/m0/s1. The smallest absolute Gasteiger partial charge is 0.126 e. The third-order valence-electron chi connectivity index (χ3n) is 2.45. The van der Waals surface area contributed by atoms with Crippen molar-refractivity contribution in [2.45, 2.75) is 18.6 Å². The molecule has 11 heavy (non-hydrogen) atoms. The molecule has 1 fully saturated rings. The van der Waals surface area contributed by atoms with Crippen LogP contribution in [0.5, 0.6) is 0 Å². The van der Waals surface area contributed by atoms with Crippen LogP contribution in [0.15, 0.2) is 18.2 Å². The average molecular weight is 150 g/mol. The van der Waals surface area contributed by atoms with Crippen LogP contribution < -0.4 is 0 Å². The van der Waals surface area contributed by atoms with E-state index < -0.39 is 0 Å². The molecule has 0 radical (unpaired) electrons. The van der Waals surface area contributed by atoms with E-state index in [-0.39, 0.29) is 11.9 Å². The fraction of sp³-hybridized carbons (Fsp3) is 0.333. The van der Waals surface area contributed by atoms with Gasteiger partial charge in [0.05, 0.1) is 6.10 Å². The number of hydrogen-bond acceptors (Lipinski definition) is 1. The van der Waals surface area contributed by atoms with E-state index in [0.717, 1.165) is 17.5 Å². The van der Waals surface area contributed by atoms with E-state index in [9.17, 15) is 4.39 Å². The van der Waals surface area contributed by atoms with Crippen LogP contribution in [0.2, 0.25) is 0 Å². The first-order chi connectivity index (χ1) is 5.36. The van der Waals surface area contributed by atoms with Crippen molar-refractivity contribution >= 4 is 0 Å². The van der Waals surface area contributed by atoms with Gasteiger partial charge >= 0.3 is 0 Å². The Kier molecular flexibility index (Phi) is 0.853. The Labute approximate surface area is 63.8 Å². The molecule has 0 spiro atoms. The zero-order chi connectivity index (χ0) is 7.42. The highest BCUT2D eigenvalue weighted by Crippen LogP contribution is 2.49. The first-order valence-electron chi connectivity index (χ1n) is 3.79. The van der Waals surface area contributed by atoms with E-state index in [2.05, 4.69) is 0 Å². The molecule has 2 aliphatic rings. The van der Waals surface area contributed by atoms with Gasteiger partial charge in [-0.15, -0.1) is 0 Å². The van der Waals surface area contributed by atoms with Gasteiger partial charge in [-0.3, -0.25) is 0 Å². The molecule has 1 aromatic carbocycles. The summed E-state index contributed by atoms with van der Waals surface area (Å²) < 4.78 is 18.3. The Balaban J connectivity index is 2.24. The van der Waals surface area contributed by atoms with Gasteiger partial charge in [-0.05, 0) is 17.2 Å². The third-order valence-corrected chi connectivity index (χ3v) is 2.45. The largest absolute Gasteiger partial charge is 0.364 e. The topological polar surface area (TPSA) is 12.5 Å². The molecular weight excluding hydrogens is 143 g/mol. The zero-order valence-electron chi connectivity index (χ0n) is 5.88. The second-order valence-electron chi connectivity index (χ2n) is 3.11. The normalized spacial score (nSPS) is 31.4. The van der Waals surface area contributed by atoms with Gasteiger partial charge in [0.15, 0.2) is 0 Å². The number of epoxide rings is 1.